The molecule has 1 atom stereocenters. The van der Waals surface area contributed by atoms with Crippen LogP contribution in [-0.4, -0.2) is 39.0 Å². The van der Waals surface area contributed by atoms with E-state index in [1.54, 1.807) is 0 Å². The Kier molecular flexibility index (Phi) is 1.64. The van der Waals surface area contributed by atoms with Crippen molar-refractivity contribution in [1.29, 1.82) is 0 Å². The molecule has 0 radical (unpaired) electrons. The summed E-state index contributed by atoms with van der Waals surface area (Å²) in [5, 5.41) is 0. The minimum absolute atomic E-state index is 0.0932. The zero-order chi connectivity index (χ0) is 25.2. The summed E-state index contributed by atoms with van der Waals surface area (Å²) in [4.78, 5) is -0.710. The van der Waals surface area contributed by atoms with Crippen LogP contribution in [0, 0.1) is 0 Å². The molecule has 0 unspecified atom stereocenters. The van der Waals surface area contributed by atoms with Gasteiger partial charge >= 0.3 is 0 Å². The summed E-state index contributed by atoms with van der Waals surface area (Å²) < 4.78 is 128. The summed E-state index contributed by atoms with van der Waals surface area (Å²) in [6.07, 6.45) is -6.19. The third-order valence-corrected chi connectivity index (χ3v) is 3.41. The second-order valence-corrected chi connectivity index (χ2v) is 5.50. The molecule has 1 aliphatic heterocycles. The topological polar surface area (TPSA) is 37.4 Å². The lowest BCUT2D eigenvalue weighted by molar-refractivity contribution is 0.208. The van der Waals surface area contributed by atoms with Crippen LogP contribution in [-0.2, 0) is 9.84 Å². The highest BCUT2D eigenvalue weighted by atomic mass is 32.2. The predicted octanol–water partition coefficient (Wildman–Crippen LogP) is 2.68. The van der Waals surface area contributed by atoms with Gasteiger partial charge < -0.3 is 4.90 Å². The first-order valence-corrected chi connectivity index (χ1v) is 7.22. The minimum Gasteiger partial charge on any atom is -0.303 e. The largest absolute Gasteiger partial charge is 0.303 e. The number of likely N-dealkylation sites (tertiary alicyclic amines) is 1. The van der Waals surface area contributed by atoms with E-state index in [0.717, 1.165) is 6.92 Å². The van der Waals surface area contributed by atoms with Gasteiger partial charge in [0.2, 0.25) is 0 Å². The monoisotopic (exact) mass is 294 g/mol. The molecular formula is C15H23NO2S. The molecule has 0 saturated carbocycles. The molecule has 106 valence electrons. The number of nitrogens with zero attached hydrogens (tertiary/aromatic N) is 1. The number of piperidine rings is 1. The van der Waals surface area contributed by atoms with E-state index in [1.165, 1.54) is 0 Å². The van der Waals surface area contributed by atoms with E-state index in [-0.39, 0.29) is 19.4 Å². The van der Waals surface area contributed by atoms with Crippen LogP contribution in [0.2, 0.25) is 0 Å². The Morgan fingerprint density at radius 2 is 2.47 bits per heavy atom. The van der Waals surface area contributed by atoms with Gasteiger partial charge in [0, 0.05) is 25.0 Å². The molecule has 1 fully saturated rings. The molecule has 1 aromatic rings. The second kappa shape index (κ2) is 6.06. The van der Waals surface area contributed by atoms with Crippen LogP contribution in [0.4, 0.5) is 0 Å². The average Bonchev–Trinajstić information content (AvgIpc) is 2.58. The molecule has 1 aromatic carbocycles. The van der Waals surface area contributed by atoms with Crippen LogP contribution in [0.25, 0.3) is 0 Å². The van der Waals surface area contributed by atoms with Crippen molar-refractivity contribution in [3.8, 4) is 0 Å². The molecule has 1 aliphatic rings. The van der Waals surface area contributed by atoms with Crippen LogP contribution in [0.15, 0.2) is 29.1 Å². The van der Waals surface area contributed by atoms with Crippen molar-refractivity contribution in [2.75, 3.05) is 25.7 Å². The molecule has 0 aromatic heterocycles. The second-order valence-electron chi connectivity index (χ2n) is 4.08. The Morgan fingerprint density at radius 1 is 1.63 bits per heavy atom. The lowest BCUT2D eigenvalue weighted by atomic mass is 9.90. The van der Waals surface area contributed by atoms with E-state index in [1.807, 2.05) is 0 Å². The fraction of sp³-hybridized carbons (Fsp3) is 0.600. The SMILES string of the molecule is [2H]c1c([2H])c([C@@H]2CCCN(C([2H])([2H])C([2H])([2H])C)C2([2H])[2H])c([2H])c(S(=O)(=O)C([2H])([2H])[2H])c1[2H]. The molecule has 1 heterocycles. The first kappa shape index (κ1) is 5.15. The summed E-state index contributed by atoms with van der Waals surface area (Å²) in [6.45, 7) is -4.84. The van der Waals surface area contributed by atoms with Crippen molar-refractivity contribution in [2.24, 2.45) is 0 Å². The zero-order valence-corrected chi connectivity index (χ0v) is 11.2. The highest BCUT2D eigenvalue weighted by molar-refractivity contribution is 7.90. The maximum atomic E-state index is 12.5. The van der Waals surface area contributed by atoms with Crippen molar-refractivity contribution >= 4 is 9.84 Å². The first-order chi connectivity index (χ1) is 14.1. The third kappa shape index (κ3) is 3.80. The van der Waals surface area contributed by atoms with Crippen molar-refractivity contribution in [1.82, 2.24) is 4.90 Å². The molecule has 19 heavy (non-hydrogen) atoms. The lowest BCUT2D eigenvalue weighted by Crippen LogP contribution is -2.34. The van der Waals surface area contributed by atoms with Gasteiger partial charge in [-0.1, -0.05) is 19.0 Å². The summed E-state index contributed by atoms with van der Waals surface area (Å²) in [6, 6.07) is -4.09. The van der Waals surface area contributed by atoms with Gasteiger partial charge in [-0.3, -0.25) is 0 Å². The predicted molar refractivity (Wildman–Crippen MR) is 78.3 cm³/mol. The molecule has 2 rings (SSSR count). The molecule has 0 N–H and O–H groups in total. The molecule has 3 nitrogen and oxygen atoms in total. The Labute approximate surface area is 134 Å². The van der Waals surface area contributed by atoms with Gasteiger partial charge in [0.05, 0.1) is 10.4 Å². The van der Waals surface area contributed by atoms with E-state index < -0.39 is 75.9 Å². The Morgan fingerprint density at radius 3 is 3.21 bits per heavy atom. The zero-order valence-electron chi connectivity index (χ0n) is 23.4. The lowest BCUT2D eigenvalue weighted by Gasteiger charge is -2.32. The standard InChI is InChI=1S/C15H23NO2S/c1-3-9-16-10-5-7-14(12-16)13-6-4-8-15(11-13)19(2,17)18/h4,6,8,11,14H,3,5,7,9-10,12H2,1-2H3/t14-/m1/s1/i2D3,3D2,4D,6D,8D,9D2,11D,12D2. The van der Waals surface area contributed by atoms with Gasteiger partial charge in [0.15, 0.2) is 9.84 Å². The number of rotatable bonds is 4. The Bertz CT molecular complexity index is 1010. The summed E-state index contributed by atoms with van der Waals surface area (Å²) in [5.74, 6) is -1.55. The van der Waals surface area contributed by atoms with Crippen LogP contribution >= 0.6 is 0 Å². The molecule has 1 saturated heterocycles. The van der Waals surface area contributed by atoms with Crippen molar-refractivity contribution < 1.29 is 26.2 Å². The summed E-state index contributed by atoms with van der Waals surface area (Å²) >= 11 is 0. The molecule has 0 amide bonds. The van der Waals surface area contributed by atoms with Gasteiger partial charge in [-0.05, 0) is 55.8 Å². The molecular weight excluding hydrogens is 258 g/mol. The fourth-order valence-corrected chi connectivity index (χ4v) is 2.28. The average molecular weight is 295 g/mol. The number of hydrogen-bond donors (Lipinski definition) is 0. The maximum absolute atomic E-state index is 12.5. The summed E-state index contributed by atoms with van der Waals surface area (Å²) in [5.41, 5.74) is -0.629. The first-order valence-electron chi connectivity index (χ1n) is 12.2. The smallest absolute Gasteiger partial charge is 0.175 e. The van der Waals surface area contributed by atoms with Crippen LogP contribution in [0.3, 0.4) is 0 Å². The number of benzene rings is 1. The van der Waals surface area contributed by atoms with Crippen molar-refractivity contribution in [3.05, 3.63) is 29.7 Å². The van der Waals surface area contributed by atoms with Crippen LogP contribution in [0.5, 0.6) is 0 Å². The fourth-order valence-electron chi connectivity index (χ4n) is 1.85. The van der Waals surface area contributed by atoms with Crippen molar-refractivity contribution in [3.63, 3.8) is 0 Å². The molecule has 0 aliphatic carbocycles. The molecule has 0 bridgehead atoms. The quantitative estimate of drug-likeness (QED) is 0.857. The Balaban J connectivity index is 2.84. The molecule has 4 heteroatoms. The van der Waals surface area contributed by atoms with Gasteiger partial charge in [-0.15, -0.1) is 0 Å². The summed E-state index contributed by atoms with van der Waals surface area (Å²) in [7, 11) is -5.29. The van der Waals surface area contributed by atoms with Gasteiger partial charge in [-0.25, -0.2) is 8.42 Å². The van der Waals surface area contributed by atoms with E-state index in [0.29, 0.717) is 4.90 Å². The van der Waals surface area contributed by atoms with E-state index in [4.69, 9.17) is 17.8 Å². The highest BCUT2D eigenvalue weighted by Crippen LogP contribution is 2.28. The van der Waals surface area contributed by atoms with Gasteiger partial charge in [-0.2, -0.15) is 0 Å². The normalized spacial score (nSPS) is 36.3. The third-order valence-electron chi connectivity index (χ3n) is 2.67. The Hall–Kier alpha value is -0.870. The van der Waals surface area contributed by atoms with Gasteiger partial charge in [0.1, 0.15) is 0 Å². The highest BCUT2D eigenvalue weighted by Gasteiger charge is 2.21. The van der Waals surface area contributed by atoms with Crippen LogP contribution in [0.1, 0.15) is 55.4 Å². The van der Waals surface area contributed by atoms with E-state index >= 15 is 0 Å². The maximum Gasteiger partial charge on any atom is 0.175 e. The minimum atomic E-state index is -5.29. The number of sulfone groups is 1. The molecule has 0 spiro atoms. The van der Waals surface area contributed by atoms with E-state index in [9.17, 15) is 8.42 Å². The van der Waals surface area contributed by atoms with E-state index in [2.05, 4.69) is 0 Å². The van der Waals surface area contributed by atoms with Crippen LogP contribution < -0.4 is 0 Å². The van der Waals surface area contributed by atoms with Crippen molar-refractivity contribution in [2.45, 2.75) is 37.0 Å². The van der Waals surface area contributed by atoms with Gasteiger partial charge in [0.25, 0.3) is 0 Å². The number of hydrogen-bond acceptors (Lipinski definition) is 3.